The Kier molecular flexibility index (Phi) is 13.7. The van der Waals surface area contributed by atoms with Crippen molar-refractivity contribution in [1.82, 2.24) is 39.9 Å². The molecule has 10 heteroatoms. The van der Waals surface area contributed by atoms with Gasteiger partial charge in [0.15, 0.2) is 0 Å². The van der Waals surface area contributed by atoms with Crippen molar-refractivity contribution in [2.45, 2.75) is 51.7 Å². The molecular weight excluding hydrogens is 1060 g/mol. The van der Waals surface area contributed by atoms with Crippen LogP contribution in [0.1, 0.15) is 89.9 Å². The van der Waals surface area contributed by atoms with Crippen molar-refractivity contribution in [3.05, 3.63) is 238 Å². The van der Waals surface area contributed by atoms with Gasteiger partial charge in [-0.3, -0.25) is 0 Å². The van der Waals surface area contributed by atoms with Crippen molar-refractivity contribution in [3.63, 3.8) is 0 Å². The molecule has 0 atom stereocenters. The van der Waals surface area contributed by atoms with Gasteiger partial charge in [0.25, 0.3) is 0 Å². The Morgan fingerprint density at radius 1 is 0.372 bits per heavy atom. The SMILES string of the molecule is COC(C)(C)Cc1c2nc(c(C#CC3=Cc4nc3c(-c3ccccc3)c3ccc([nH]3)c(-c3ccccc3)c3nc(c(-c5ccccc5)c5ccc([nH]5)c4-c4ccccc4)C=C3)c3ccc([nH]3)c(CC(C)(C)OC)c3nc(cc4ccc1[nH]4)C=C3)C=C2. The number of nitrogens with one attached hydrogen (secondary N) is 4. The summed E-state index contributed by atoms with van der Waals surface area (Å²) in [7, 11) is 3.52. The van der Waals surface area contributed by atoms with Gasteiger partial charge in [-0.05, 0) is 147 Å². The number of ether oxygens (including phenoxy) is 2. The molecule has 0 amide bonds. The van der Waals surface area contributed by atoms with Crippen LogP contribution in [0, 0.1) is 11.8 Å². The van der Waals surface area contributed by atoms with Crippen LogP contribution in [-0.4, -0.2) is 65.3 Å². The van der Waals surface area contributed by atoms with Gasteiger partial charge < -0.3 is 29.4 Å². The van der Waals surface area contributed by atoms with Crippen LogP contribution in [0.25, 0.3) is 137 Å². The third-order valence-electron chi connectivity index (χ3n) is 16.5. The van der Waals surface area contributed by atoms with Crippen molar-refractivity contribution in [2.24, 2.45) is 0 Å². The Bertz CT molecular complexity index is 4870. The molecule has 16 bridgehead atoms. The van der Waals surface area contributed by atoms with Gasteiger partial charge in [-0.1, -0.05) is 133 Å². The normalized spacial score (nSPS) is 12.8. The maximum absolute atomic E-state index is 6.08. The quantitative estimate of drug-likeness (QED) is 0.101. The van der Waals surface area contributed by atoms with Gasteiger partial charge in [-0.25, -0.2) is 19.9 Å². The zero-order valence-corrected chi connectivity index (χ0v) is 48.8. The number of aromatic nitrogens is 8. The Labute approximate surface area is 499 Å². The second-order valence-electron chi connectivity index (χ2n) is 23.2. The van der Waals surface area contributed by atoms with Crippen LogP contribution in [0.4, 0.5) is 0 Å². The van der Waals surface area contributed by atoms with Crippen molar-refractivity contribution < 1.29 is 9.47 Å². The van der Waals surface area contributed by atoms with Gasteiger partial charge in [0.1, 0.15) is 0 Å². The highest BCUT2D eigenvalue weighted by molar-refractivity contribution is 6.05. The van der Waals surface area contributed by atoms with E-state index in [1.54, 1.807) is 14.2 Å². The molecule has 0 radical (unpaired) electrons. The minimum absolute atomic E-state index is 0.498. The molecule has 4 N–H and O–H groups in total. The van der Waals surface area contributed by atoms with E-state index in [0.29, 0.717) is 24.1 Å². The van der Waals surface area contributed by atoms with Gasteiger partial charge in [-0.2, -0.15) is 0 Å². The highest BCUT2D eigenvalue weighted by atomic mass is 16.5. The summed E-state index contributed by atoms with van der Waals surface area (Å²) in [5, 5.41) is 0. The molecule has 0 saturated carbocycles. The van der Waals surface area contributed by atoms with Crippen molar-refractivity contribution in [2.75, 3.05) is 14.2 Å². The fourth-order valence-corrected chi connectivity index (χ4v) is 11.9. The number of fused-ring (bicyclic) bond motifs is 16. The molecule has 0 fully saturated rings. The summed E-state index contributed by atoms with van der Waals surface area (Å²) in [5.41, 5.74) is 23.9. The predicted molar refractivity (Wildman–Crippen MR) is 355 cm³/mol. The molecule has 10 nitrogen and oxygen atoms in total. The number of hydrogen-bond donors (Lipinski definition) is 4. The lowest BCUT2D eigenvalue weighted by Crippen LogP contribution is -2.26. The summed E-state index contributed by atoms with van der Waals surface area (Å²) < 4.78 is 12.2. The first-order chi connectivity index (χ1) is 41.9. The van der Waals surface area contributed by atoms with Crippen LogP contribution in [0.2, 0.25) is 0 Å². The molecule has 4 aliphatic rings. The average Bonchev–Trinajstić information content (AvgIpc) is 2.29. The summed E-state index contributed by atoms with van der Waals surface area (Å²) in [6.45, 7) is 8.42. The first kappa shape index (κ1) is 53.6. The minimum atomic E-state index is -0.498. The zero-order chi connectivity index (χ0) is 58.5. The molecule has 4 aromatic carbocycles. The van der Waals surface area contributed by atoms with E-state index < -0.39 is 11.2 Å². The largest absolute Gasteiger partial charge is 0.378 e. The van der Waals surface area contributed by atoms with E-state index in [2.05, 4.69) is 254 Å². The molecule has 86 heavy (non-hydrogen) atoms. The van der Waals surface area contributed by atoms with Gasteiger partial charge in [0.2, 0.25) is 0 Å². The molecule has 10 aromatic rings. The second-order valence-corrected chi connectivity index (χ2v) is 23.2. The summed E-state index contributed by atoms with van der Waals surface area (Å²) >= 11 is 0. The van der Waals surface area contributed by atoms with E-state index in [-0.39, 0.29) is 0 Å². The number of allylic oxidation sites excluding steroid dienone is 1. The number of nitrogens with zero attached hydrogens (tertiary/aromatic N) is 4. The number of benzene rings is 4. The van der Waals surface area contributed by atoms with E-state index in [4.69, 9.17) is 29.4 Å². The lowest BCUT2D eigenvalue weighted by atomic mass is 9.97. The van der Waals surface area contributed by atoms with Crippen molar-refractivity contribution in [1.29, 1.82) is 0 Å². The lowest BCUT2D eigenvalue weighted by molar-refractivity contribution is 0.0230. The Hall–Kier alpha value is -10.4. The molecule has 0 spiro atoms. The number of rotatable bonds is 10. The van der Waals surface area contributed by atoms with Gasteiger partial charge in [-0.15, -0.1) is 0 Å². The Morgan fingerprint density at radius 2 is 0.779 bits per heavy atom. The maximum Gasteiger partial charge on any atom is 0.0893 e. The van der Waals surface area contributed by atoms with E-state index in [1.807, 2.05) is 24.3 Å². The van der Waals surface area contributed by atoms with Gasteiger partial charge >= 0.3 is 0 Å². The number of H-pyrrole nitrogens is 4. The van der Waals surface area contributed by atoms with Crippen LogP contribution in [0.15, 0.2) is 176 Å². The van der Waals surface area contributed by atoms with Crippen LogP contribution >= 0.6 is 0 Å². The lowest BCUT2D eigenvalue weighted by Gasteiger charge is -2.23. The molecule has 14 rings (SSSR count). The van der Waals surface area contributed by atoms with E-state index in [0.717, 1.165) is 145 Å². The third kappa shape index (κ3) is 10.3. The summed E-state index contributed by atoms with van der Waals surface area (Å²) in [5.74, 6) is 7.60. The first-order valence-corrected chi connectivity index (χ1v) is 29.1. The minimum Gasteiger partial charge on any atom is -0.378 e. The fraction of sp³-hybridized carbons (Fsp3) is 0.132. The summed E-state index contributed by atoms with van der Waals surface area (Å²) in [4.78, 5) is 37.4. The molecule has 6 aromatic heterocycles. The van der Waals surface area contributed by atoms with Crippen LogP contribution in [0.3, 0.4) is 0 Å². The highest BCUT2D eigenvalue weighted by Gasteiger charge is 2.26. The van der Waals surface area contributed by atoms with E-state index >= 15 is 0 Å². The van der Waals surface area contributed by atoms with E-state index in [1.165, 1.54) is 0 Å². The number of aromatic amines is 4. The van der Waals surface area contributed by atoms with Crippen molar-refractivity contribution in [3.8, 4) is 56.3 Å². The van der Waals surface area contributed by atoms with Crippen LogP contribution < -0.4 is 0 Å². The van der Waals surface area contributed by atoms with E-state index in [9.17, 15) is 0 Å². The van der Waals surface area contributed by atoms with Crippen LogP contribution in [-0.2, 0) is 22.3 Å². The Morgan fingerprint density at radius 3 is 1.33 bits per heavy atom. The number of hydrogen-bond acceptors (Lipinski definition) is 6. The molecule has 0 unspecified atom stereocenters. The molecular formula is C76H62N8O2. The summed E-state index contributed by atoms with van der Waals surface area (Å²) in [6, 6.07) is 61.2. The highest BCUT2D eigenvalue weighted by Crippen LogP contribution is 2.41. The monoisotopic (exact) mass is 1120 g/mol. The fourth-order valence-electron chi connectivity index (χ4n) is 11.9. The van der Waals surface area contributed by atoms with Gasteiger partial charge in [0.05, 0.1) is 73.4 Å². The summed E-state index contributed by atoms with van der Waals surface area (Å²) in [6.07, 6.45) is 15.9. The smallest absolute Gasteiger partial charge is 0.0893 e. The molecule has 0 saturated heterocycles. The maximum atomic E-state index is 6.08. The van der Waals surface area contributed by atoms with Crippen molar-refractivity contribution >= 4 is 92.2 Å². The molecule has 418 valence electrons. The topological polar surface area (TPSA) is 133 Å². The second kappa shape index (κ2) is 22.0. The van der Waals surface area contributed by atoms with Gasteiger partial charge in [0, 0.05) is 99.1 Å². The third-order valence-corrected chi connectivity index (χ3v) is 16.5. The predicted octanol–water partition coefficient (Wildman–Crippen LogP) is 17.6. The number of methoxy groups -OCH3 is 2. The molecule has 10 heterocycles. The standard InChI is InChI=1S/C76H62N8O2/c1-75(2,85-5)45-55-59-31-28-52(77-59)44-53-29-32-60(78-53)56(46-76(3,4)86-6)62-36-34-58(80-62)54(57-33-35-61(55)79-57)30-27-51-43-69-72(49-23-15-9-16-24-49)67-40-39-65(82-67)70(47-19-11-7-12-20-47)63-37-38-64(81-63)71(48-21-13-8-14-22-48)66-41-42-68(83-66)73(74(51)84-69)50-25-17-10-18-26-50/h7-26,28-29,31-44,77,80,82-83H,45-46H2,1-6H3. The zero-order valence-electron chi connectivity index (χ0n) is 48.8. The molecule has 0 aliphatic carbocycles. The van der Waals surface area contributed by atoms with Crippen LogP contribution in [0.5, 0.6) is 0 Å². The Balaban J connectivity index is 1.11. The first-order valence-electron chi connectivity index (χ1n) is 29.1. The average molecular weight is 1120 g/mol. The molecule has 4 aliphatic heterocycles.